The molecule has 0 spiro atoms. The molecular weight excluding hydrogens is 933 g/mol. The van der Waals surface area contributed by atoms with Crippen LogP contribution in [0, 0.1) is 0 Å². The molecule has 0 saturated carbocycles. The van der Waals surface area contributed by atoms with E-state index in [2.05, 4.69) is 311 Å². The molecular formula is C73H100N2Si. The van der Waals surface area contributed by atoms with Gasteiger partial charge in [0.15, 0.2) is 0 Å². The minimum atomic E-state index is -1.88. The highest BCUT2D eigenvalue weighted by Gasteiger charge is 2.34. The van der Waals surface area contributed by atoms with Gasteiger partial charge in [0.25, 0.3) is 0 Å². The van der Waals surface area contributed by atoms with Crippen molar-refractivity contribution in [3.63, 3.8) is 0 Å². The van der Waals surface area contributed by atoms with Gasteiger partial charge >= 0.3 is 0 Å². The van der Waals surface area contributed by atoms with E-state index in [0.29, 0.717) is 0 Å². The van der Waals surface area contributed by atoms with E-state index in [-0.39, 0.29) is 43.3 Å². The second-order valence-corrected chi connectivity index (χ2v) is 37.0. The summed E-state index contributed by atoms with van der Waals surface area (Å²) in [5, 5.41) is 6.40. The molecule has 0 N–H and O–H groups in total. The lowest BCUT2D eigenvalue weighted by atomic mass is 9.75. The lowest BCUT2D eigenvalue weighted by Gasteiger charge is -2.37. The van der Waals surface area contributed by atoms with Gasteiger partial charge in [0, 0.05) is 44.3 Å². The third-order valence-electron chi connectivity index (χ3n) is 15.9. The van der Waals surface area contributed by atoms with Crippen LogP contribution >= 0.6 is 0 Å². The number of fused-ring (bicyclic) bond motifs is 2. The van der Waals surface area contributed by atoms with Crippen molar-refractivity contribution >= 4 is 68.9 Å². The predicted octanol–water partition coefficient (Wildman–Crippen LogP) is 21.9. The maximum absolute atomic E-state index is 2.68. The molecule has 0 aliphatic rings. The van der Waals surface area contributed by atoms with Crippen LogP contribution in [0.15, 0.2) is 115 Å². The van der Waals surface area contributed by atoms with Crippen molar-refractivity contribution in [3.8, 4) is 0 Å². The third kappa shape index (κ3) is 12.1. The van der Waals surface area contributed by atoms with Crippen molar-refractivity contribution in [2.45, 2.75) is 229 Å². The Hall–Kier alpha value is -5.12. The molecule has 0 aliphatic heterocycles. The molecule has 0 saturated heterocycles. The zero-order valence-electron chi connectivity index (χ0n) is 52.9. The quantitative estimate of drug-likeness (QED) is 0.0892. The van der Waals surface area contributed by atoms with Crippen LogP contribution in [0.5, 0.6) is 0 Å². The smallest absolute Gasteiger partial charge is 0.0776 e. The Balaban J connectivity index is 1.82. The standard InChI is InChI=1S/C73H100N2Si/c1-66(2,3)47-36-48(67(4,5)6)40-54(39-47)74(53-32-35-62(72(19,20)21)63(45-53)73(22,23)24)65-59-31-29-28-30-58(59)64(60-34-33-57(46-61(60)65)76(25,26)27)75(55-41-49(68(7,8)9)37-50(42-55)69(10,11)12)56-43-51(70(13,14)15)38-52(44-56)71(16,17)18/h28-46H,1-27H3. The van der Waals surface area contributed by atoms with Crippen molar-refractivity contribution in [3.05, 3.63) is 160 Å². The van der Waals surface area contributed by atoms with E-state index in [1.54, 1.807) is 0 Å². The Kier molecular flexibility index (Phi) is 14.9. The normalized spacial score (nSPS) is 13.7. The summed E-state index contributed by atoms with van der Waals surface area (Å²) >= 11 is 0. The molecule has 3 heteroatoms. The van der Waals surface area contributed by atoms with Gasteiger partial charge in [0.05, 0.1) is 19.4 Å². The fourth-order valence-corrected chi connectivity index (χ4v) is 11.8. The summed E-state index contributed by atoms with van der Waals surface area (Å²) in [6, 6.07) is 46.8. The first-order valence-electron chi connectivity index (χ1n) is 28.6. The predicted molar refractivity (Wildman–Crippen MR) is 343 cm³/mol. The average Bonchev–Trinajstić information content (AvgIpc) is 3.26. The number of hydrogen-bond acceptors (Lipinski definition) is 2. The van der Waals surface area contributed by atoms with Gasteiger partial charge in [-0.3, -0.25) is 0 Å². The highest BCUT2D eigenvalue weighted by Crippen LogP contribution is 2.54. The Morgan fingerprint density at radius 2 is 0.566 bits per heavy atom. The van der Waals surface area contributed by atoms with Crippen molar-refractivity contribution in [1.82, 2.24) is 0 Å². The van der Waals surface area contributed by atoms with Gasteiger partial charge in [-0.15, -0.1) is 0 Å². The summed E-state index contributed by atoms with van der Waals surface area (Å²) in [5.41, 5.74) is 17.3. The maximum atomic E-state index is 2.68. The van der Waals surface area contributed by atoms with Crippen LogP contribution in [0.1, 0.15) is 211 Å². The van der Waals surface area contributed by atoms with Gasteiger partial charge in [0.2, 0.25) is 0 Å². The van der Waals surface area contributed by atoms with Crippen molar-refractivity contribution in [2.75, 3.05) is 9.80 Å². The van der Waals surface area contributed by atoms with Gasteiger partial charge in [-0.25, -0.2) is 0 Å². The van der Waals surface area contributed by atoms with Gasteiger partial charge in [0.1, 0.15) is 0 Å². The van der Waals surface area contributed by atoms with Crippen LogP contribution in [-0.4, -0.2) is 8.07 Å². The van der Waals surface area contributed by atoms with E-state index in [1.807, 2.05) is 0 Å². The highest BCUT2D eigenvalue weighted by molar-refractivity contribution is 6.88. The molecule has 0 bridgehead atoms. The summed E-state index contributed by atoms with van der Waals surface area (Å²) in [6.07, 6.45) is 0. The Bertz CT molecular complexity index is 3130. The van der Waals surface area contributed by atoms with Crippen LogP contribution in [0.25, 0.3) is 21.5 Å². The van der Waals surface area contributed by atoms with Crippen LogP contribution in [0.3, 0.4) is 0 Å². The molecule has 0 unspecified atom stereocenters. The van der Waals surface area contributed by atoms with E-state index < -0.39 is 8.07 Å². The second-order valence-electron chi connectivity index (χ2n) is 32.0. The number of benzene rings is 7. The van der Waals surface area contributed by atoms with Crippen molar-refractivity contribution < 1.29 is 0 Å². The topological polar surface area (TPSA) is 6.48 Å². The Morgan fingerprint density at radius 3 is 0.868 bits per heavy atom. The first-order valence-corrected chi connectivity index (χ1v) is 32.1. The Morgan fingerprint density at radius 1 is 0.263 bits per heavy atom. The molecule has 7 aromatic carbocycles. The molecule has 0 atom stereocenters. The van der Waals surface area contributed by atoms with Gasteiger partial charge in [-0.1, -0.05) is 258 Å². The summed E-state index contributed by atoms with van der Waals surface area (Å²) in [4.78, 5) is 5.35. The molecule has 0 heterocycles. The molecule has 0 amide bonds. The second kappa shape index (κ2) is 19.4. The first kappa shape index (κ1) is 58.6. The number of nitrogens with zero attached hydrogens (tertiary/aromatic N) is 2. The third-order valence-corrected chi connectivity index (χ3v) is 17.9. The summed E-state index contributed by atoms with van der Waals surface area (Å²) in [5.74, 6) is 0. The fourth-order valence-electron chi connectivity index (χ4n) is 10.7. The van der Waals surface area contributed by atoms with E-state index in [4.69, 9.17) is 0 Å². The molecule has 0 fully saturated rings. The monoisotopic (exact) mass is 1030 g/mol. The highest BCUT2D eigenvalue weighted by atomic mass is 28.3. The van der Waals surface area contributed by atoms with Gasteiger partial charge in [-0.05, 0) is 136 Å². The molecule has 7 rings (SSSR count). The molecule has 7 aromatic rings. The van der Waals surface area contributed by atoms with Gasteiger partial charge in [-0.2, -0.15) is 0 Å². The fraction of sp³-hybridized carbons (Fsp3) is 0.479. The molecule has 76 heavy (non-hydrogen) atoms. The van der Waals surface area contributed by atoms with Crippen LogP contribution in [0.4, 0.5) is 34.1 Å². The van der Waals surface area contributed by atoms with E-state index in [0.717, 1.165) is 0 Å². The summed E-state index contributed by atoms with van der Waals surface area (Å²) in [7, 11) is -1.88. The van der Waals surface area contributed by atoms with Gasteiger partial charge < -0.3 is 9.80 Å². The molecule has 0 radical (unpaired) electrons. The van der Waals surface area contributed by atoms with Crippen LogP contribution < -0.4 is 15.0 Å². The SMILES string of the molecule is CC(C)(C)c1cc(N(c2cc(C(C)(C)C)cc(C(C)(C)C)c2)c2c3ccccc3c(N(c3cc(C(C)(C)C)cc(C(C)(C)C)c3)c3ccc(C(C)(C)C)c(C(C)(C)C)c3)c3cc([Si](C)(C)C)ccc23)cc(C(C)(C)C)c1. The van der Waals surface area contributed by atoms with Crippen LogP contribution in [-0.2, 0) is 43.3 Å². The number of rotatable bonds is 7. The lowest BCUT2D eigenvalue weighted by molar-refractivity contribution is 0.530. The van der Waals surface area contributed by atoms with E-state index >= 15 is 0 Å². The van der Waals surface area contributed by atoms with Crippen molar-refractivity contribution in [1.29, 1.82) is 0 Å². The zero-order valence-corrected chi connectivity index (χ0v) is 53.9. The van der Waals surface area contributed by atoms with Crippen LogP contribution in [0.2, 0.25) is 19.6 Å². The van der Waals surface area contributed by atoms with Crippen molar-refractivity contribution in [2.24, 2.45) is 0 Å². The zero-order chi connectivity index (χ0) is 57.1. The number of anilines is 6. The summed E-state index contributed by atoms with van der Waals surface area (Å²) < 4.78 is 0. The minimum Gasteiger partial charge on any atom is -0.309 e. The maximum Gasteiger partial charge on any atom is 0.0776 e. The van der Waals surface area contributed by atoms with E-state index in [1.165, 1.54) is 105 Å². The first-order chi connectivity index (χ1) is 34.4. The lowest BCUT2D eigenvalue weighted by Crippen LogP contribution is -2.37. The molecule has 0 aliphatic carbocycles. The largest absolute Gasteiger partial charge is 0.309 e. The Labute approximate surface area is 465 Å². The molecule has 2 nitrogen and oxygen atoms in total. The minimum absolute atomic E-state index is 0.0391. The van der Waals surface area contributed by atoms with E-state index in [9.17, 15) is 0 Å². The average molecular weight is 1030 g/mol. The summed E-state index contributed by atoms with van der Waals surface area (Å²) in [6.45, 7) is 64.4. The molecule has 0 aromatic heterocycles. The number of hydrogen-bond donors (Lipinski definition) is 0. The molecule has 406 valence electrons.